The molecular formula is C26H27F3N4O2. The number of aromatic nitrogens is 2. The van der Waals surface area contributed by atoms with Gasteiger partial charge in [0.1, 0.15) is 23.2 Å². The molecule has 0 bridgehead atoms. The Bertz CT molecular complexity index is 1210. The monoisotopic (exact) mass is 484 g/mol. The van der Waals surface area contributed by atoms with Gasteiger partial charge in [-0.3, -0.25) is 4.79 Å². The van der Waals surface area contributed by atoms with E-state index in [1.54, 1.807) is 4.90 Å². The fourth-order valence-corrected chi connectivity index (χ4v) is 5.07. The van der Waals surface area contributed by atoms with Crippen molar-refractivity contribution < 1.29 is 22.7 Å². The summed E-state index contributed by atoms with van der Waals surface area (Å²) in [6, 6.07) is 15.1. The molecule has 6 nitrogen and oxygen atoms in total. The molecular weight excluding hydrogens is 457 g/mol. The number of rotatable bonds is 4. The molecule has 184 valence electrons. The van der Waals surface area contributed by atoms with Crippen LogP contribution in [0.3, 0.4) is 0 Å². The highest BCUT2D eigenvalue weighted by Gasteiger charge is 2.36. The number of nitrogens with zero attached hydrogens (tertiary/aromatic N) is 4. The number of alkyl halides is 3. The summed E-state index contributed by atoms with van der Waals surface area (Å²) in [4.78, 5) is 17.5. The van der Waals surface area contributed by atoms with Crippen molar-refractivity contribution in [2.24, 2.45) is 0 Å². The van der Waals surface area contributed by atoms with Gasteiger partial charge in [-0.15, -0.1) is 0 Å². The summed E-state index contributed by atoms with van der Waals surface area (Å²) < 4.78 is 46.2. The Labute approximate surface area is 201 Å². The molecule has 35 heavy (non-hydrogen) atoms. The van der Waals surface area contributed by atoms with Crippen LogP contribution in [0.15, 0.2) is 54.6 Å². The Morgan fingerprint density at radius 3 is 2.43 bits per heavy atom. The van der Waals surface area contributed by atoms with Crippen LogP contribution in [0.1, 0.15) is 46.1 Å². The molecule has 0 saturated carbocycles. The van der Waals surface area contributed by atoms with E-state index in [-0.39, 0.29) is 18.1 Å². The number of likely N-dealkylation sites (tertiary alicyclic amines) is 1. The largest absolute Gasteiger partial charge is 0.489 e. The zero-order valence-corrected chi connectivity index (χ0v) is 19.6. The van der Waals surface area contributed by atoms with E-state index in [1.807, 2.05) is 36.9 Å². The van der Waals surface area contributed by atoms with Crippen LogP contribution >= 0.6 is 0 Å². The lowest BCUT2D eigenvalue weighted by atomic mass is 10.00. The van der Waals surface area contributed by atoms with Gasteiger partial charge in [-0.25, -0.2) is 4.68 Å². The van der Waals surface area contributed by atoms with E-state index in [0.717, 1.165) is 30.9 Å². The predicted octanol–water partition coefficient (Wildman–Crippen LogP) is 5.09. The van der Waals surface area contributed by atoms with E-state index < -0.39 is 11.7 Å². The maximum absolute atomic E-state index is 13.6. The number of carbonyl (C=O) groups is 1. The topological polar surface area (TPSA) is 50.6 Å². The number of aryl methyl sites for hydroxylation is 2. The second-order valence-electron chi connectivity index (χ2n) is 9.14. The number of hydrogen-bond acceptors (Lipinski definition) is 4. The zero-order chi connectivity index (χ0) is 24.7. The molecule has 2 aliphatic heterocycles. The molecule has 1 saturated heterocycles. The van der Waals surface area contributed by atoms with Gasteiger partial charge in [0.25, 0.3) is 5.91 Å². The van der Waals surface area contributed by atoms with Gasteiger partial charge in [0, 0.05) is 26.6 Å². The SMILES string of the molecule is Cc1nn2c(c1C(=O)N1CCC(Oc3ccc(C(F)(F)F)cc3)C1)N(C)C(c1ccccc1)CC2. The number of fused-ring (bicyclic) bond motifs is 1. The lowest BCUT2D eigenvalue weighted by Crippen LogP contribution is -2.36. The van der Waals surface area contributed by atoms with Gasteiger partial charge >= 0.3 is 6.18 Å². The van der Waals surface area contributed by atoms with E-state index in [4.69, 9.17) is 4.74 Å². The highest BCUT2D eigenvalue weighted by molar-refractivity contribution is 6.00. The smallest absolute Gasteiger partial charge is 0.416 e. The van der Waals surface area contributed by atoms with Gasteiger partial charge < -0.3 is 14.5 Å². The van der Waals surface area contributed by atoms with Gasteiger partial charge in [0.2, 0.25) is 0 Å². The number of ether oxygens (including phenoxy) is 1. The van der Waals surface area contributed by atoms with Crippen LogP contribution < -0.4 is 9.64 Å². The molecule has 1 amide bonds. The standard InChI is InChI=1S/C26H27F3N4O2/c1-17-23(24-31(2)22(13-15-33(24)30-17)18-6-4-3-5-7-18)25(34)32-14-12-21(16-32)35-20-10-8-19(9-11-20)26(27,28)29/h3-11,21-22H,12-16H2,1-2H3. The Kier molecular flexibility index (Phi) is 5.94. The molecule has 1 aromatic heterocycles. The van der Waals surface area contributed by atoms with E-state index in [2.05, 4.69) is 22.1 Å². The van der Waals surface area contributed by atoms with Crippen LogP contribution in [0.2, 0.25) is 0 Å². The fraction of sp³-hybridized carbons (Fsp3) is 0.385. The molecule has 0 aliphatic carbocycles. The van der Waals surface area contributed by atoms with Crippen molar-refractivity contribution in [2.75, 3.05) is 25.0 Å². The Balaban J connectivity index is 1.31. The molecule has 0 radical (unpaired) electrons. The molecule has 9 heteroatoms. The van der Waals surface area contributed by atoms with Crippen LogP contribution in [-0.4, -0.2) is 46.8 Å². The molecule has 0 N–H and O–H groups in total. The van der Waals surface area contributed by atoms with Crippen LogP contribution in [-0.2, 0) is 12.7 Å². The van der Waals surface area contributed by atoms with Crippen molar-refractivity contribution >= 4 is 11.7 Å². The quantitative estimate of drug-likeness (QED) is 0.518. The summed E-state index contributed by atoms with van der Waals surface area (Å²) in [7, 11) is 2.00. The van der Waals surface area contributed by atoms with E-state index in [9.17, 15) is 18.0 Å². The summed E-state index contributed by atoms with van der Waals surface area (Å²) in [6.45, 7) is 3.47. The molecule has 2 aromatic carbocycles. The Morgan fingerprint density at radius 2 is 1.74 bits per heavy atom. The van der Waals surface area contributed by atoms with Crippen LogP contribution in [0.4, 0.5) is 19.0 Å². The van der Waals surface area contributed by atoms with Crippen LogP contribution in [0.25, 0.3) is 0 Å². The van der Waals surface area contributed by atoms with Gasteiger partial charge in [-0.05, 0) is 43.2 Å². The second kappa shape index (κ2) is 8.94. The van der Waals surface area contributed by atoms with E-state index in [1.165, 1.54) is 17.7 Å². The second-order valence-corrected chi connectivity index (χ2v) is 9.14. The summed E-state index contributed by atoms with van der Waals surface area (Å²) in [5.41, 5.74) is 1.78. The average Bonchev–Trinajstić information content (AvgIpc) is 3.43. The third-order valence-electron chi connectivity index (χ3n) is 6.83. The Hall–Kier alpha value is -3.49. The number of amides is 1. The molecule has 2 atom stereocenters. The van der Waals surface area contributed by atoms with Gasteiger partial charge in [0.15, 0.2) is 0 Å². The minimum atomic E-state index is -4.38. The first-order chi connectivity index (χ1) is 16.7. The lowest BCUT2D eigenvalue weighted by Gasteiger charge is -2.36. The van der Waals surface area contributed by atoms with Crippen LogP contribution in [0.5, 0.6) is 5.75 Å². The number of halogens is 3. The van der Waals surface area contributed by atoms with Gasteiger partial charge in [-0.2, -0.15) is 18.3 Å². The number of benzene rings is 2. The molecule has 3 heterocycles. The Morgan fingerprint density at radius 1 is 1.03 bits per heavy atom. The van der Waals surface area contributed by atoms with Gasteiger partial charge in [0.05, 0.1) is 23.8 Å². The minimum Gasteiger partial charge on any atom is -0.489 e. The highest BCUT2D eigenvalue weighted by atomic mass is 19.4. The summed E-state index contributed by atoms with van der Waals surface area (Å²) in [5.74, 6) is 1.09. The predicted molar refractivity (Wildman–Crippen MR) is 126 cm³/mol. The van der Waals surface area contributed by atoms with Crippen molar-refractivity contribution in [2.45, 2.75) is 44.6 Å². The van der Waals surface area contributed by atoms with E-state index >= 15 is 0 Å². The minimum absolute atomic E-state index is 0.0946. The lowest BCUT2D eigenvalue weighted by molar-refractivity contribution is -0.137. The number of carbonyl (C=O) groups excluding carboxylic acids is 1. The maximum Gasteiger partial charge on any atom is 0.416 e. The first-order valence-electron chi connectivity index (χ1n) is 11.7. The fourth-order valence-electron chi connectivity index (χ4n) is 5.07. The van der Waals surface area contributed by atoms with Crippen molar-refractivity contribution in [3.8, 4) is 5.75 Å². The highest BCUT2D eigenvalue weighted by Crippen LogP contribution is 2.38. The first-order valence-corrected chi connectivity index (χ1v) is 11.7. The zero-order valence-electron chi connectivity index (χ0n) is 19.6. The van der Waals surface area contributed by atoms with Crippen molar-refractivity contribution in [1.29, 1.82) is 0 Å². The van der Waals surface area contributed by atoms with Crippen molar-refractivity contribution in [3.05, 3.63) is 77.0 Å². The average molecular weight is 485 g/mol. The van der Waals surface area contributed by atoms with E-state index in [0.29, 0.717) is 36.5 Å². The summed E-state index contributed by atoms with van der Waals surface area (Å²) in [6.07, 6.45) is -3.16. The molecule has 1 fully saturated rings. The molecule has 0 spiro atoms. The van der Waals surface area contributed by atoms with Crippen molar-refractivity contribution in [3.63, 3.8) is 0 Å². The van der Waals surface area contributed by atoms with Crippen LogP contribution in [0, 0.1) is 6.92 Å². The third kappa shape index (κ3) is 4.47. The normalized spacial score (nSPS) is 20.1. The maximum atomic E-state index is 13.6. The molecule has 3 aromatic rings. The van der Waals surface area contributed by atoms with Crippen molar-refractivity contribution in [1.82, 2.24) is 14.7 Å². The number of anilines is 1. The molecule has 5 rings (SSSR count). The molecule has 2 aliphatic rings. The first kappa shape index (κ1) is 23.3. The van der Waals surface area contributed by atoms with Gasteiger partial charge in [-0.1, -0.05) is 30.3 Å². The number of hydrogen-bond donors (Lipinski definition) is 0. The third-order valence-corrected chi connectivity index (χ3v) is 6.83. The summed E-state index contributed by atoms with van der Waals surface area (Å²) in [5, 5.41) is 4.64. The molecule has 2 unspecified atom stereocenters. The summed E-state index contributed by atoms with van der Waals surface area (Å²) >= 11 is 0.